The Balaban J connectivity index is 1.59. The highest BCUT2D eigenvalue weighted by Crippen LogP contribution is 2.82. The lowest BCUT2D eigenvalue weighted by Gasteiger charge is -2.68. The van der Waals surface area contributed by atoms with E-state index in [9.17, 15) is 14.4 Å². The van der Waals surface area contributed by atoms with Crippen molar-refractivity contribution in [2.45, 2.75) is 103 Å². The highest BCUT2D eigenvalue weighted by atomic mass is 16.6. The van der Waals surface area contributed by atoms with Gasteiger partial charge in [0.05, 0.1) is 18.6 Å². The van der Waals surface area contributed by atoms with Crippen molar-refractivity contribution in [2.75, 3.05) is 0 Å². The van der Waals surface area contributed by atoms with Gasteiger partial charge in [-0.2, -0.15) is 0 Å². The summed E-state index contributed by atoms with van der Waals surface area (Å²) in [5, 5.41) is 0. The Labute approximate surface area is 223 Å². The number of rotatable bonds is 3. The van der Waals surface area contributed by atoms with E-state index in [4.69, 9.17) is 23.4 Å². The van der Waals surface area contributed by atoms with Crippen LogP contribution in [0.2, 0.25) is 0 Å². The molecule has 4 fully saturated rings. The van der Waals surface area contributed by atoms with E-state index >= 15 is 0 Å². The number of furan rings is 1. The van der Waals surface area contributed by atoms with Crippen LogP contribution in [0.5, 0.6) is 0 Å². The van der Waals surface area contributed by atoms with Gasteiger partial charge in [0.2, 0.25) is 0 Å². The Kier molecular flexibility index (Phi) is 5.22. The lowest BCUT2D eigenvalue weighted by atomic mass is 9.38. The molecule has 0 N–H and O–H groups in total. The fourth-order valence-electron chi connectivity index (χ4n) is 10.2. The molecule has 1 aromatic rings. The molecule has 1 saturated heterocycles. The van der Waals surface area contributed by atoms with Gasteiger partial charge >= 0.3 is 17.9 Å². The number of esters is 3. The minimum absolute atomic E-state index is 0.0305. The number of epoxide rings is 1. The first kappa shape index (κ1) is 25.7. The largest absolute Gasteiger partial charge is 0.472 e. The van der Waals surface area contributed by atoms with Crippen molar-refractivity contribution in [3.05, 3.63) is 36.3 Å². The van der Waals surface area contributed by atoms with E-state index in [1.54, 1.807) is 6.26 Å². The first-order valence-electron chi connectivity index (χ1n) is 13.7. The Hall–Kier alpha value is -2.61. The summed E-state index contributed by atoms with van der Waals surface area (Å²) in [7, 11) is 0. The second-order valence-corrected chi connectivity index (χ2v) is 13.3. The van der Waals surface area contributed by atoms with Crippen LogP contribution >= 0.6 is 0 Å². The van der Waals surface area contributed by atoms with Gasteiger partial charge in [0, 0.05) is 36.7 Å². The zero-order valence-electron chi connectivity index (χ0n) is 23.2. The van der Waals surface area contributed by atoms with E-state index < -0.39 is 58.1 Å². The van der Waals surface area contributed by atoms with E-state index in [0.717, 1.165) is 24.8 Å². The van der Waals surface area contributed by atoms with Crippen molar-refractivity contribution in [3.63, 3.8) is 0 Å². The summed E-state index contributed by atoms with van der Waals surface area (Å²) < 4.78 is 30.5. The first-order valence-corrected chi connectivity index (χ1v) is 13.7. The Morgan fingerprint density at radius 1 is 1.05 bits per heavy atom. The number of carbonyl (C=O) groups is 3. The number of allylic oxidation sites excluding steroid dienone is 1. The highest BCUT2D eigenvalue weighted by molar-refractivity contribution is 5.83. The summed E-state index contributed by atoms with van der Waals surface area (Å²) in [6.45, 7) is 13.1. The minimum atomic E-state index is -0.994. The van der Waals surface area contributed by atoms with Crippen LogP contribution in [0.15, 0.2) is 35.2 Å². The van der Waals surface area contributed by atoms with Gasteiger partial charge in [-0.05, 0) is 62.0 Å². The molecule has 5 aliphatic rings. The van der Waals surface area contributed by atoms with Crippen molar-refractivity contribution < 1.29 is 37.7 Å². The third-order valence-corrected chi connectivity index (χ3v) is 11.1. The van der Waals surface area contributed by atoms with Crippen LogP contribution in [0.25, 0.3) is 0 Å². The van der Waals surface area contributed by atoms with Crippen LogP contribution in [0.4, 0.5) is 0 Å². The van der Waals surface area contributed by atoms with Crippen LogP contribution in [-0.4, -0.2) is 47.4 Å². The molecule has 0 amide bonds. The molecule has 206 valence electrons. The zero-order chi connectivity index (χ0) is 27.5. The van der Waals surface area contributed by atoms with Crippen molar-refractivity contribution in [1.29, 1.82) is 0 Å². The molecular weight excluding hydrogens is 488 g/mol. The normalized spacial score (nSPS) is 47.9. The molecule has 1 spiro atoms. The van der Waals surface area contributed by atoms with Gasteiger partial charge < -0.3 is 23.4 Å². The number of hydrogen-bond donors (Lipinski definition) is 0. The molecule has 38 heavy (non-hydrogen) atoms. The fourth-order valence-corrected chi connectivity index (χ4v) is 10.2. The number of cyclic esters (lactones) is 1. The first-order chi connectivity index (χ1) is 17.7. The van der Waals surface area contributed by atoms with E-state index in [-0.39, 0.29) is 23.4 Å². The average Bonchev–Trinajstić information content (AvgIpc) is 3.19. The molecule has 1 aromatic heterocycles. The smallest absolute Gasteiger partial charge is 0.330 e. The quantitative estimate of drug-likeness (QED) is 0.317. The summed E-state index contributed by atoms with van der Waals surface area (Å²) in [5.74, 6) is -1.62. The molecule has 0 aromatic carbocycles. The molecule has 0 bridgehead atoms. The summed E-state index contributed by atoms with van der Waals surface area (Å²) in [4.78, 5) is 38.1. The van der Waals surface area contributed by atoms with E-state index in [2.05, 4.69) is 20.8 Å². The molecule has 3 saturated carbocycles. The summed E-state index contributed by atoms with van der Waals surface area (Å²) in [5.41, 5.74) is -2.03. The number of fused-ring (bicyclic) bond motifs is 3. The van der Waals surface area contributed by atoms with Gasteiger partial charge in [-0.1, -0.05) is 26.8 Å². The van der Waals surface area contributed by atoms with E-state index in [0.29, 0.717) is 0 Å². The van der Waals surface area contributed by atoms with Crippen molar-refractivity contribution in [1.82, 2.24) is 0 Å². The molecule has 8 nitrogen and oxygen atoms in total. The summed E-state index contributed by atoms with van der Waals surface area (Å²) >= 11 is 0. The maximum atomic E-state index is 12.8. The number of ether oxygens (including phenoxy) is 4. The molecule has 2 aliphatic heterocycles. The molecule has 6 rings (SSSR count). The van der Waals surface area contributed by atoms with E-state index in [1.165, 1.54) is 19.9 Å². The van der Waals surface area contributed by atoms with Crippen LogP contribution in [0.1, 0.15) is 79.2 Å². The van der Waals surface area contributed by atoms with E-state index in [1.807, 2.05) is 32.3 Å². The Bertz CT molecular complexity index is 1220. The van der Waals surface area contributed by atoms with Crippen LogP contribution < -0.4 is 0 Å². The molecular formula is C30H38O8. The van der Waals surface area contributed by atoms with Crippen LogP contribution in [0, 0.1) is 28.1 Å². The summed E-state index contributed by atoms with van der Waals surface area (Å²) in [6, 6.07) is 2.03. The van der Waals surface area contributed by atoms with Crippen molar-refractivity contribution in [3.8, 4) is 0 Å². The second-order valence-electron chi connectivity index (χ2n) is 13.3. The van der Waals surface area contributed by atoms with Gasteiger partial charge in [0.15, 0.2) is 0 Å². The van der Waals surface area contributed by atoms with Gasteiger partial charge in [0.1, 0.15) is 23.4 Å². The monoisotopic (exact) mass is 526 g/mol. The zero-order valence-corrected chi connectivity index (χ0v) is 23.2. The second kappa shape index (κ2) is 7.74. The number of carbonyl (C=O) groups excluding carboxylic acids is 3. The molecule has 0 radical (unpaired) electrons. The topological polar surface area (TPSA) is 105 Å². The minimum Gasteiger partial charge on any atom is -0.472 e. The molecule has 10 atom stereocenters. The van der Waals surface area contributed by atoms with Crippen LogP contribution in [0.3, 0.4) is 0 Å². The van der Waals surface area contributed by atoms with Gasteiger partial charge in [-0.15, -0.1) is 0 Å². The maximum Gasteiger partial charge on any atom is 0.330 e. The molecule has 1 unspecified atom stereocenters. The van der Waals surface area contributed by atoms with Crippen LogP contribution in [-0.2, 0) is 33.3 Å². The molecule has 3 heterocycles. The fraction of sp³-hybridized carbons (Fsp3) is 0.700. The van der Waals surface area contributed by atoms with Crippen molar-refractivity contribution in [2.24, 2.45) is 28.1 Å². The SMILES string of the molecule is CC(=O)O[C@H]1[C@@H](OC(C)=O)[C@]2(C)C(CC[C@@]3(C)[C@@H](c4ccoc4)C[C@H]4O[C@]432)[C@@]2(C)C=CC(=O)OC(C)(C)[C@@H]12. The van der Waals surface area contributed by atoms with Gasteiger partial charge in [0.25, 0.3) is 0 Å². The lowest BCUT2D eigenvalue weighted by molar-refractivity contribution is -0.280. The number of hydrogen-bond acceptors (Lipinski definition) is 8. The Morgan fingerprint density at radius 3 is 2.39 bits per heavy atom. The highest BCUT2D eigenvalue weighted by Gasteiger charge is 2.88. The molecule has 3 aliphatic carbocycles. The predicted molar refractivity (Wildman–Crippen MR) is 135 cm³/mol. The third-order valence-electron chi connectivity index (χ3n) is 11.1. The van der Waals surface area contributed by atoms with Crippen molar-refractivity contribution >= 4 is 17.9 Å². The van der Waals surface area contributed by atoms with Gasteiger partial charge in [-0.25, -0.2) is 4.79 Å². The average molecular weight is 527 g/mol. The Morgan fingerprint density at radius 2 is 1.76 bits per heavy atom. The maximum absolute atomic E-state index is 12.8. The standard InChI is InChI=1S/C30H38O8/c1-16(31)35-23-24-26(3,4)38-22(33)9-11-27(24,5)20-8-12-28(6)19(18-10-13-34-15-18)14-21-30(28,37-21)29(20,7)25(23)36-17(2)32/h9-11,13,15,19-21,23-25H,8,12,14H2,1-7H3/t19-,20?,21-,23-,24-,25-,27-,28+,29+,30-/m1/s1. The van der Waals surface area contributed by atoms with Gasteiger partial charge in [-0.3, -0.25) is 9.59 Å². The predicted octanol–water partition coefficient (Wildman–Crippen LogP) is 4.72. The summed E-state index contributed by atoms with van der Waals surface area (Å²) in [6.07, 6.45) is 7.91. The molecule has 8 heteroatoms. The lowest BCUT2D eigenvalue weighted by Crippen LogP contribution is -2.74. The third kappa shape index (κ3) is 2.98.